The molecule has 1 fully saturated rings. The minimum Gasteiger partial charge on any atom is -0.481 e. The van der Waals surface area contributed by atoms with Gasteiger partial charge in [0.25, 0.3) is 0 Å². The highest BCUT2D eigenvalue weighted by atomic mass is 16.4. The SMILES string of the molecule is CC(C)CC(CC(=O)O)CN1C(=O)CNC1=O. The van der Waals surface area contributed by atoms with Crippen LogP contribution in [0.15, 0.2) is 0 Å². The quantitative estimate of drug-likeness (QED) is 0.670. The first kappa shape index (κ1) is 13.5. The molecule has 17 heavy (non-hydrogen) atoms. The van der Waals surface area contributed by atoms with Gasteiger partial charge in [-0.25, -0.2) is 4.79 Å². The van der Waals surface area contributed by atoms with Crippen LogP contribution >= 0.6 is 0 Å². The lowest BCUT2D eigenvalue weighted by atomic mass is 9.93. The van der Waals surface area contributed by atoms with Gasteiger partial charge in [-0.3, -0.25) is 14.5 Å². The van der Waals surface area contributed by atoms with E-state index < -0.39 is 12.0 Å². The maximum Gasteiger partial charge on any atom is 0.324 e. The van der Waals surface area contributed by atoms with Crippen molar-refractivity contribution in [3.05, 3.63) is 0 Å². The smallest absolute Gasteiger partial charge is 0.324 e. The van der Waals surface area contributed by atoms with Crippen molar-refractivity contribution in [2.24, 2.45) is 11.8 Å². The Kier molecular flexibility index (Phi) is 4.48. The highest BCUT2D eigenvalue weighted by molar-refractivity contribution is 6.01. The van der Waals surface area contributed by atoms with E-state index in [0.717, 1.165) is 4.90 Å². The van der Waals surface area contributed by atoms with Gasteiger partial charge in [-0.1, -0.05) is 13.8 Å². The van der Waals surface area contributed by atoms with Gasteiger partial charge in [0.15, 0.2) is 0 Å². The third-order valence-electron chi connectivity index (χ3n) is 2.65. The molecule has 1 heterocycles. The number of nitrogens with one attached hydrogen (secondary N) is 1. The average molecular weight is 242 g/mol. The molecule has 1 aliphatic heterocycles. The highest BCUT2D eigenvalue weighted by Crippen LogP contribution is 2.18. The highest BCUT2D eigenvalue weighted by Gasteiger charge is 2.31. The minimum atomic E-state index is -0.900. The van der Waals surface area contributed by atoms with E-state index in [2.05, 4.69) is 5.32 Å². The van der Waals surface area contributed by atoms with Crippen molar-refractivity contribution < 1.29 is 19.5 Å². The van der Waals surface area contributed by atoms with Crippen LogP contribution in [-0.4, -0.2) is 41.0 Å². The molecule has 1 unspecified atom stereocenters. The van der Waals surface area contributed by atoms with E-state index in [4.69, 9.17) is 5.11 Å². The average Bonchev–Trinajstić information content (AvgIpc) is 2.47. The topological polar surface area (TPSA) is 86.7 Å². The number of carbonyl (C=O) groups excluding carboxylic acids is 2. The molecule has 0 spiro atoms. The van der Waals surface area contributed by atoms with E-state index >= 15 is 0 Å². The summed E-state index contributed by atoms with van der Waals surface area (Å²) >= 11 is 0. The molecule has 6 nitrogen and oxygen atoms in total. The first-order valence-electron chi connectivity index (χ1n) is 5.70. The van der Waals surface area contributed by atoms with Crippen molar-refractivity contribution in [2.45, 2.75) is 26.7 Å². The Morgan fingerprint density at radius 3 is 2.53 bits per heavy atom. The Labute approximate surface area is 100.0 Å². The zero-order valence-electron chi connectivity index (χ0n) is 10.1. The number of nitrogens with zero attached hydrogens (tertiary/aromatic N) is 1. The number of amides is 3. The summed E-state index contributed by atoms with van der Waals surface area (Å²) in [7, 11) is 0. The Morgan fingerprint density at radius 1 is 1.47 bits per heavy atom. The lowest BCUT2D eigenvalue weighted by Gasteiger charge is -2.21. The van der Waals surface area contributed by atoms with Crippen molar-refractivity contribution in [1.29, 1.82) is 0 Å². The van der Waals surface area contributed by atoms with E-state index in [1.165, 1.54) is 0 Å². The molecule has 0 radical (unpaired) electrons. The van der Waals surface area contributed by atoms with Crippen LogP contribution in [0.4, 0.5) is 4.79 Å². The minimum absolute atomic E-state index is 0.0142. The van der Waals surface area contributed by atoms with Gasteiger partial charge in [0.1, 0.15) is 0 Å². The van der Waals surface area contributed by atoms with Crippen molar-refractivity contribution in [2.75, 3.05) is 13.1 Å². The van der Waals surface area contributed by atoms with Crippen LogP contribution in [0.2, 0.25) is 0 Å². The number of rotatable bonds is 6. The predicted molar refractivity (Wildman–Crippen MR) is 60.3 cm³/mol. The molecule has 6 heteroatoms. The number of carboxylic acid groups (broad SMARTS) is 1. The fourth-order valence-electron chi connectivity index (χ4n) is 2.03. The number of urea groups is 1. The number of carbonyl (C=O) groups is 3. The number of carboxylic acids is 1. The standard InChI is InChI=1S/C11H18N2O4/c1-7(2)3-8(4-10(15)16)6-13-9(14)5-12-11(13)17/h7-8H,3-6H2,1-2H3,(H,12,17)(H,15,16). The van der Waals surface area contributed by atoms with Crippen molar-refractivity contribution in [1.82, 2.24) is 10.2 Å². The number of hydrogen-bond donors (Lipinski definition) is 2. The van der Waals surface area contributed by atoms with Crippen molar-refractivity contribution >= 4 is 17.9 Å². The van der Waals surface area contributed by atoms with Gasteiger partial charge >= 0.3 is 12.0 Å². The number of hydrogen-bond acceptors (Lipinski definition) is 3. The Hall–Kier alpha value is -1.59. The second-order valence-corrected chi connectivity index (χ2v) is 4.76. The molecule has 0 aromatic carbocycles. The Morgan fingerprint density at radius 2 is 2.12 bits per heavy atom. The summed E-state index contributed by atoms with van der Waals surface area (Å²) in [6, 6.07) is -0.422. The van der Waals surface area contributed by atoms with E-state index in [0.29, 0.717) is 12.3 Å². The van der Waals surface area contributed by atoms with Crippen LogP contribution in [0.3, 0.4) is 0 Å². The summed E-state index contributed by atoms with van der Waals surface area (Å²) in [4.78, 5) is 34.6. The molecule has 96 valence electrons. The molecule has 0 aliphatic carbocycles. The summed E-state index contributed by atoms with van der Waals surface area (Å²) in [6.45, 7) is 4.18. The molecular weight excluding hydrogens is 224 g/mol. The summed E-state index contributed by atoms with van der Waals surface area (Å²) in [6.07, 6.45) is 0.665. The molecule has 2 N–H and O–H groups in total. The fraction of sp³-hybridized carbons (Fsp3) is 0.727. The van der Waals surface area contributed by atoms with E-state index in [-0.39, 0.29) is 31.3 Å². The Bertz CT molecular complexity index is 311. The third-order valence-corrected chi connectivity index (χ3v) is 2.65. The summed E-state index contributed by atoms with van der Waals surface area (Å²) in [5.41, 5.74) is 0. The van der Waals surface area contributed by atoms with E-state index in [9.17, 15) is 14.4 Å². The number of imide groups is 1. The molecule has 0 aromatic rings. The second-order valence-electron chi connectivity index (χ2n) is 4.76. The van der Waals surface area contributed by atoms with Crippen LogP contribution in [-0.2, 0) is 9.59 Å². The lowest BCUT2D eigenvalue weighted by molar-refractivity contribution is -0.139. The second kappa shape index (κ2) is 5.65. The van der Waals surface area contributed by atoms with Crippen LogP contribution in [0.25, 0.3) is 0 Å². The van der Waals surface area contributed by atoms with Gasteiger partial charge in [0, 0.05) is 13.0 Å². The maximum atomic E-state index is 11.4. The van der Waals surface area contributed by atoms with Gasteiger partial charge in [-0.05, 0) is 18.3 Å². The monoisotopic (exact) mass is 242 g/mol. The van der Waals surface area contributed by atoms with Crippen LogP contribution < -0.4 is 5.32 Å². The van der Waals surface area contributed by atoms with Gasteiger partial charge in [0.2, 0.25) is 5.91 Å². The molecule has 1 rings (SSSR count). The molecular formula is C11H18N2O4. The third kappa shape index (κ3) is 4.05. The van der Waals surface area contributed by atoms with Gasteiger partial charge in [-0.2, -0.15) is 0 Å². The van der Waals surface area contributed by atoms with Gasteiger partial charge < -0.3 is 10.4 Å². The molecule has 0 bridgehead atoms. The van der Waals surface area contributed by atoms with Crippen LogP contribution in [0.1, 0.15) is 26.7 Å². The largest absolute Gasteiger partial charge is 0.481 e. The number of aliphatic carboxylic acids is 1. The van der Waals surface area contributed by atoms with E-state index in [1.54, 1.807) is 0 Å². The molecule has 0 aromatic heterocycles. The van der Waals surface area contributed by atoms with Crippen LogP contribution in [0.5, 0.6) is 0 Å². The van der Waals surface area contributed by atoms with Crippen molar-refractivity contribution in [3.8, 4) is 0 Å². The first-order valence-corrected chi connectivity index (χ1v) is 5.70. The predicted octanol–water partition coefficient (Wildman–Crippen LogP) is 0.675. The molecule has 0 saturated carbocycles. The zero-order valence-corrected chi connectivity index (χ0v) is 10.1. The molecule has 1 saturated heterocycles. The van der Waals surface area contributed by atoms with Crippen molar-refractivity contribution in [3.63, 3.8) is 0 Å². The normalized spacial score (nSPS) is 17.5. The first-order chi connectivity index (χ1) is 7.90. The Balaban J connectivity index is 2.61. The summed E-state index contributed by atoms with van der Waals surface area (Å²) in [5, 5.41) is 11.2. The summed E-state index contributed by atoms with van der Waals surface area (Å²) < 4.78 is 0. The van der Waals surface area contributed by atoms with Gasteiger partial charge in [0.05, 0.1) is 6.54 Å². The molecule has 1 aliphatic rings. The fourth-order valence-corrected chi connectivity index (χ4v) is 2.03. The molecule has 1 atom stereocenters. The summed E-state index contributed by atoms with van der Waals surface area (Å²) in [5.74, 6) is -1.03. The lowest BCUT2D eigenvalue weighted by Crippen LogP contribution is -2.36. The van der Waals surface area contributed by atoms with E-state index in [1.807, 2.05) is 13.8 Å². The molecule has 3 amide bonds. The zero-order chi connectivity index (χ0) is 13.0. The maximum absolute atomic E-state index is 11.4. The van der Waals surface area contributed by atoms with Gasteiger partial charge in [-0.15, -0.1) is 0 Å². The van der Waals surface area contributed by atoms with Crippen LogP contribution in [0, 0.1) is 11.8 Å².